The number of hydrogen-bond acceptors (Lipinski definition) is 4. The van der Waals surface area contributed by atoms with Crippen molar-refractivity contribution in [3.63, 3.8) is 0 Å². The maximum Gasteiger partial charge on any atom is 0.103 e. The topological polar surface area (TPSA) is 57.9 Å². The van der Waals surface area contributed by atoms with Gasteiger partial charge in [-0.05, 0) is 25.1 Å². The Morgan fingerprint density at radius 3 is 3.00 bits per heavy atom. The number of methoxy groups -OCH3 is 1. The molecule has 0 amide bonds. The van der Waals surface area contributed by atoms with E-state index in [2.05, 4.69) is 16.4 Å². The molecule has 0 saturated carbocycles. The van der Waals surface area contributed by atoms with E-state index in [0.717, 1.165) is 16.6 Å². The molecular formula is C14H14ClN3O. The van der Waals surface area contributed by atoms with Crippen molar-refractivity contribution in [3.05, 3.63) is 35.0 Å². The van der Waals surface area contributed by atoms with Gasteiger partial charge < -0.3 is 10.1 Å². The molecule has 0 saturated heterocycles. The molecule has 5 heteroatoms. The van der Waals surface area contributed by atoms with Crippen molar-refractivity contribution >= 4 is 28.2 Å². The Kier molecular flexibility index (Phi) is 4.20. The maximum absolute atomic E-state index is 9.18. The van der Waals surface area contributed by atoms with Crippen LogP contribution in [0.25, 0.3) is 10.9 Å². The molecule has 2 rings (SSSR count). The molecule has 1 atom stereocenters. The molecule has 0 spiro atoms. The third-order valence-corrected chi connectivity index (χ3v) is 3.15. The number of fused-ring (bicyclic) bond motifs is 1. The first-order chi connectivity index (χ1) is 9.15. The lowest BCUT2D eigenvalue weighted by Gasteiger charge is -2.14. The van der Waals surface area contributed by atoms with E-state index in [4.69, 9.17) is 16.3 Å². The molecule has 0 aliphatic rings. The Balaban J connectivity index is 2.48. The first kappa shape index (κ1) is 13.6. The maximum atomic E-state index is 9.18. The van der Waals surface area contributed by atoms with Crippen molar-refractivity contribution in [3.8, 4) is 6.07 Å². The van der Waals surface area contributed by atoms with E-state index in [0.29, 0.717) is 17.1 Å². The highest BCUT2D eigenvalue weighted by Gasteiger charge is 2.10. The third kappa shape index (κ3) is 2.95. The number of nitrogens with one attached hydrogen (secondary N) is 1. The molecule has 0 aliphatic heterocycles. The van der Waals surface area contributed by atoms with Gasteiger partial charge in [0, 0.05) is 30.3 Å². The minimum Gasteiger partial charge on any atom is -0.381 e. The molecule has 0 aliphatic carbocycles. The van der Waals surface area contributed by atoms with Gasteiger partial charge in [-0.15, -0.1) is 0 Å². The van der Waals surface area contributed by atoms with Crippen molar-refractivity contribution in [1.82, 2.24) is 4.98 Å². The van der Waals surface area contributed by atoms with Gasteiger partial charge in [0.25, 0.3) is 0 Å². The molecule has 98 valence electrons. The van der Waals surface area contributed by atoms with Crippen molar-refractivity contribution in [1.29, 1.82) is 5.26 Å². The molecule has 19 heavy (non-hydrogen) atoms. The summed E-state index contributed by atoms with van der Waals surface area (Å²) in [4.78, 5) is 4.25. The van der Waals surface area contributed by atoms with Gasteiger partial charge in [-0.3, -0.25) is 4.98 Å². The van der Waals surface area contributed by atoms with Crippen molar-refractivity contribution in [2.75, 3.05) is 19.0 Å². The molecular weight excluding hydrogens is 262 g/mol. The van der Waals surface area contributed by atoms with E-state index in [-0.39, 0.29) is 6.10 Å². The van der Waals surface area contributed by atoms with Crippen LogP contribution in [0.2, 0.25) is 5.02 Å². The molecule has 1 N–H and O–H groups in total. The van der Waals surface area contributed by atoms with Crippen LogP contribution in [0.1, 0.15) is 12.5 Å². The second kappa shape index (κ2) is 5.87. The van der Waals surface area contributed by atoms with Crippen molar-refractivity contribution in [2.45, 2.75) is 13.0 Å². The van der Waals surface area contributed by atoms with Crippen LogP contribution in [0.5, 0.6) is 0 Å². The summed E-state index contributed by atoms with van der Waals surface area (Å²) in [6, 6.07) is 7.57. The van der Waals surface area contributed by atoms with Crippen LogP contribution in [0.4, 0.5) is 5.69 Å². The van der Waals surface area contributed by atoms with Gasteiger partial charge in [-0.2, -0.15) is 5.26 Å². The number of ether oxygens (including phenoxy) is 1. The van der Waals surface area contributed by atoms with Crippen LogP contribution in [0, 0.1) is 11.3 Å². The van der Waals surface area contributed by atoms with E-state index >= 15 is 0 Å². The number of rotatable bonds is 4. The summed E-state index contributed by atoms with van der Waals surface area (Å²) in [5, 5.41) is 13.9. The summed E-state index contributed by atoms with van der Waals surface area (Å²) in [5.74, 6) is 0. The fourth-order valence-electron chi connectivity index (χ4n) is 1.77. The first-order valence-electron chi connectivity index (χ1n) is 5.90. The summed E-state index contributed by atoms with van der Waals surface area (Å²) < 4.78 is 5.19. The molecule has 0 radical (unpaired) electrons. The number of aromatic nitrogens is 1. The van der Waals surface area contributed by atoms with Crippen LogP contribution >= 0.6 is 11.6 Å². The lowest BCUT2D eigenvalue weighted by molar-refractivity contribution is 0.129. The number of anilines is 1. The fraction of sp³-hybridized carbons (Fsp3) is 0.286. The van der Waals surface area contributed by atoms with Gasteiger partial charge in [0.05, 0.1) is 22.9 Å². The lowest BCUT2D eigenvalue weighted by atomic mass is 10.1. The van der Waals surface area contributed by atoms with E-state index < -0.39 is 0 Å². The molecule has 1 aromatic heterocycles. The zero-order chi connectivity index (χ0) is 13.8. The van der Waals surface area contributed by atoms with Crippen molar-refractivity contribution in [2.24, 2.45) is 0 Å². The van der Waals surface area contributed by atoms with Crippen LogP contribution in [0.3, 0.4) is 0 Å². The quantitative estimate of drug-likeness (QED) is 0.931. The lowest BCUT2D eigenvalue weighted by Crippen LogP contribution is -2.18. The van der Waals surface area contributed by atoms with Crippen LogP contribution in [-0.4, -0.2) is 24.7 Å². The Morgan fingerprint density at radius 1 is 1.53 bits per heavy atom. The van der Waals surface area contributed by atoms with Crippen LogP contribution < -0.4 is 5.32 Å². The third-order valence-electron chi connectivity index (χ3n) is 2.92. The van der Waals surface area contributed by atoms with Crippen LogP contribution in [0.15, 0.2) is 24.4 Å². The molecule has 0 fully saturated rings. The Morgan fingerprint density at radius 2 is 2.32 bits per heavy atom. The number of pyridine rings is 1. The highest BCUT2D eigenvalue weighted by molar-refractivity contribution is 6.31. The Hall–Kier alpha value is -1.83. The Labute approximate surface area is 117 Å². The standard InChI is InChI=1S/C14H14ClN3O/c1-9(19-2)7-18-14-10(6-16)8-17-13-4-3-11(15)5-12(13)14/h3-5,8-9H,7H2,1-2H3,(H,17,18). The number of nitrogens with zero attached hydrogens (tertiary/aromatic N) is 2. The highest BCUT2D eigenvalue weighted by atomic mass is 35.5. The highest BCUT2D eigenvalue weighted by Crippen LogP contribution is 2.28. The van der Waals surface area contributed by atoms with E-state index in [9.17, 15) is 5.26 Å². The number of benzene rings is 1. The van der Waals surface area contributed by atoms with Gasteiger partial charge in [-0.1, -0.05) is 11.6 Å². The largest absolute Gasteiger partial charge is 0.381 e. The average molecular weight is 276 g/mol. The van der Waals surface area contributed by atoms with Gasteiger partial charge in [0.1, 0.15) is 6.07 Å². The zero-order valence-corrected chi connectivity index (χ0v) is 11.5. The second-order valence-electron chi connectivity index (χ2n) is 4.25. The van der Waals surface area contributed by atoms with Gasteiger partial charge >= 0.3 is 0 Å². The molecule has 1 unspecified atom stereocenters. The van der Waals surface area contributed by atoms with Gasteiger partial charge in [0.2, 0.25) is 0 Å². The monoisotopic (exact) mass is 275 g/mol. The SMILES string of the molecule is COC(C)CNc1c(C#N)cnc2ccc(Cl)cc12. The molecule has 1 heterocycles. The summed E-state index contributed by atoms with van der Waals surface area (Å²) >= 11 is 6.01. The fourth-order valence-corrected chi connectivity index (χ4v) is 1.94. The minimum atomic E-state index is 0.0499. The minimum absolute atomic E-state index is 0.0499. The van der Waals surface area contributed by atoms with E-state index in [1.165, 1.54) is 0 Å². The molecule has 1 aromatic carbocycles. The summed E-state index contributed by atoms with van der Waals surface area (Å²) in [5.41, 5.74) is 2.05. The molecule has 2 aromatic rings. The van der Waals surface area contributed by atoms with Gasteiger partial charge in [0.15, 0.2) is 0 Å². The number of halogens is 1. The average Bonchev–Trinajstić information content (AvgIpc) is 2.44. The summed E-state index contributed by atoms with van der Waals surface area (Å²) in [7, 11) is 1.65. The Bertz CT molecular complexity index is 636. The predicted octanol–water partition coefficient (Wildman–Crippen LogP) is 3.21. The summed E-state index contributed by atoms with van der Waals surface area (Å²) in [6.45, 7) is 2.56. The zero-order valence-electron chi connectivity index (χ0n) is 10.8. The van der Waals surface area contributed by atoms with Gasteiger partial charge in [-0.25, -0.2) is 0 Å². The van der Waals surface area contributed by atoms with Crippen LogP contribution in [-0.2, 0) is 4.74 Å². The second-order valence-corrected chi connectivity index (χ2v) is 4.68. The normalized spacial score (nSPS) is 12.1. The molecule has 0 bridgehead atoms. The smallest absolute Gasteiger partial charge is 0.103 e. The number of hydrogen-bond donors (Lipinski definition) is 1. The first-order valence-corrected chi connectivity index (χ1v) is 6.28. The summed E-state index contributed by atoms with van der Waals surface area (Å²) in [6.07, 6.45) is 1.62. The predicted molar refractivity (Wildman–Crippen MR) is 76.4 cm³/mol. The van der Waals surface area contributed by atoms with Crippen molar-refractivity contribution < 1.29 is 4.74 Å². The molecule has 4 nitrogen and oxygen atoms in total. The van der Waals surface area contributed by atoms with E-state index in [1.807, 2.05) is 19.1 Å². The van der Waals surface area contributed by atoms with E-state index in [1.54, 1.807) is 19.4 Å². The number of nitriles is 1.